The Kier molecular flexibility index (Phi) is 5.64. The van der Waals surface area contributed by atoms with Crippen LogP contribution in [0.25, 0.3) is 0 Å². The summed E-state index contributed by atoms with van der Waals surface area (Å²) in [6.07, 6.45) is 3.75. The van der Waals surface area contributed by atoms with Gasteiger partial charge in [-0.1, -0.05) is 37.4 Å². The van der Waals surface area contributed by atoms with Crippen LogP contribution in [0.1, 0.15) is 45.1 Å². The summed E-state index contributed by atoms with van der Waals surface area (Å²) in [7, 11) is 0. The van der Waals surface area contributed by atoms with Crippen LogP contribution in [-0.4, -0.2) is 23.4 Å². The van der Waals surface area contributed by atoms with Gasteiger partial charge in [0.15, 0.2) is 0 Å². The molecule has 1 aliphatic carbocycles. The molecule has 0 aromatic heterocycles. The van der Waals surface area contributed by atoms with E-state index in [0.717, 1.165) is 24.8 Å². The molecule has 3 unspecified atom stereocenters. The lowest BCUT2D eigenvalue weighted by atomic mass is 9.74. The monoisotopic (exact) mass is 314 g/mol. The van der Waals surface area contributed by atoms with Gasteiger partial charge in [0, 0.05) is 18.1 Å². The van der Waals surface area contributed by atoms with Crippen molar-refractivity contribution >= 4 is 11.6 Å². The highest BCUT2D eigenvalue weighted by atomic mass is 35.5. The Morgan fingerprint density at radius 2 is 2.29 bits per heavy atom. The van der Waals surface area contributed by atoms with Crippen molar-refractivity contribution in [1.82, 2.24) is 0 Å². The summed E-state index contributed by atoms with van der Waals surface area (Å²) >= 11 is 6.07. The van der Waals surface area contributed by atoms with Crippen LogP contribution in [0.15, 0.2) is 18.2 Å². The molecule has 4 heteroatoms. The number of hydrogen-bond acceptors (Lipinski definition) is 2. The predicted octanol–water partition coefficient (Wildman–Crippen LogP) is 4.37. The summed E-state index contributed by atoms with van der Waals surface area (Å²) in [4.78, 5) is 0. The van der Waals surface area contributed by atoms with Gasteiger partial charge in [0.05, 0.1) is 11.7 Å². The molecular weight excluding hydrogens is 291 g/mol. The third kappa shape index (κ3) is 3.97. The summed E-state index contributed by atoms with van der Waals surface area (Å²) in [6.45, 7) is 4.74. The number of halogens is 2. The average molecular weight is 315 g/mol. The third-order valence-electron chi connectivity index (χ3n) is 4.46. The molecule has 3 atom stereocenters. The lowest BCUT2D eigenvalue weighted by molar-refractivity contribution is -0.146. The third-order valence-corrected chi connectivity index (χ3v) is 4.81. The van der Waals surface area contributed by atoms with E-state index >= 15 is 0 Å². The van der Waals surface area contributed by atoms with Gasteiger partial charge < -0.3 is 9.84 Å². The van der Waals surface area contributed by atoms with Gasteiger partial charge in [0.1, 0.15) is 5.82 Å². The fraction of sp³-hybridized carbons (Fsp3) is 0.647. The molecule has 0 bridgehead atoms. The van der Waals surface area contributed by atoms with Gasteiger partial charge in [-0.3, -0.25) is 0 Å². The largest absolute Gasteiger partial charge is 0.390 e. The smallest absolute Gasteiger partial charge is 0.124 e. The van der Waals surface area contributed by atoms with Crippen LogP contribution >= 0.6 is 11.6 Å². The van der Waals surface area contributed by atoms with Crippen LogP contribution < -0.4 is 0 Å². The maximum atomic E-state index is 13.1. The molecule has 0 radical (unpaired) electrons. The minimum absolute atomic E-state index is 0.357. The number of aliphatic hydroxyl groups excluding tert-OH is 1. The quantitative estimate of drug-likeness (QED) is 0.874. The minimum Gasteiger partial charge on any atom is -0.390 e. The first-order valence-electron chi connectivity index (χ1n) is 7.73. The van der Waals surface area contributed by atoms with Crippen LogP contribution in [0.5, 0.6) is 0 Å². The van der Waals surface area contributed by atoms with Crippen molar-refractivity contribution in [3.05, 3.63) is 34.6 Å². The Morgan fingerprint density at radius 1 is 1.52 bits per heavy atom. The Balaban J connectivity index is 2.16. The molecule has 1 aliphatic rings. The zero-order valence-corrected chi connectivity index (χ0v) is 13.5. The second-order valence-electron chi connectivity index (χ2n) is 6.15. The number of aliphatic hydroxyl groups is 1. The fourth-order valence-corrected chi connectivity index (χ4v) is 3.69. The van der Waals surface area contributed by atoms with E-state index in [2.05, 4.69) is 6.92 Å². The highest BCUT2D eigenvalue weighted by Crippen LogP contribution is 2.39. The van der Waals surface area contributed by atoms with Gasteiger partial charge in [-0.25, -0.2) is 4.39 Å². The van der Waals surface area contributed by atoms with E-state index < -0.39 is 11.7 Å². The average Bonchev–Trinajstić information content (AvgIpc) is 2.42. The van der Waals surface area contributed by atoms with Gasteiger partial charge in [0.25, 0.3) is 0 Å². The molecule has 1 fully saturated rings. The molecule has 0 aliphatic heterocycles. The van der Waals surface area contributed by atoms with Crippen molar-refractivity contribution in [3.8, 4) is 0 Å². The topological polar surface area (TPSA) is 29.5 Å². The molecule has 1 aromatic carbocycles. The molecule has 2 rings (SSSR count). The van der Waals surface area contributed by atoms with E-state index in [9.17, 15) is 9.50 Å². The van der Waals surface area contributed by atoms with E-state index in [0.29, 0.717) is 24.0 Å². The normalized spacial score (nSPS) is 27.6. The summed E-state index contributed by atoms with van der Waals surface area (Å²) in [5, 5.41) is 11.1. The highest BCUT2D eigenvalue weighted by molar-refractivity contribution is 6.31. The first kappa shape index (κ1) is 16.7. The first-order valence-corrected chi connectivity index (χ1v) is 8.10. The van der Waals surface area contributed by atoms with Gasteiger partial charge in [-0.05, 0) is 43.4 Å². The zero-order valence-electron chi connectivity index (χ0n) is 12.7. The van der Waals surface area contributed by atoms with Crippen molar-refractivity contribution in [2.45, 2.75) is 57.7 Å². The number of hydrogen-bond donors (Lipinski definition) is 1. The van der Waals surface area contributed by atoms with Crippen LogP contribution in [0.3, 0.4) is 0 Å². The molecule has 0 heterocycles. The number of rotatable bonds is 5. The molecule has 1 N–H and O–H groups in total. The summed E-state index contributed by atoms with van der Waals surface area (Å²) in [5.74, 6) is 0.188. The van der Waals surface area contributed by atoms with E-state index in [1.54, 1.807) is 6.07 Å². The maximum absolute atomic E-state index is 13.1. The zero-order chi connectivity index (χ0) is 15.5. The van der Waals surface area contributed by atoms with Crippen LogP contribution in [0, 0.1) is 11.7 Å². The molecule has 1 aromatic rings. The Morgan fingerprint density at radius 3 is 2.90 bits per heavy atom. The van der Waals surface area contributed by atoms with Crippen LogP contribution in [0.2, 0.25) is 5.02 Å². The Hall–Kier alpha value is -0.640. The van der Waals surface area contributed by atoms with Gasteiger partial charge in [-0.15, -0.1) is 0 Å². The van der Waals surface area contributed by atoms with Crippen molar-refractivity contribution < 1.29 is 14.2 Å². The SMILES string of the molecule is CCOC1(C(O)Cc2ccc(F)cc2Cl)CCCC(C)C1. The van der Waals surface area contributed by atoms with Crippen molar-refractivity contribution in [2.75, 3.05) is 6.61 Å². The van der Waals surface area contributed by atoms with Crippen molar-refractivity contribution in [1.29, 1.82) is 0 Å². The van der Waals surface area contributed by atoms with E-state index in [4.69, 9.17) is 16.3 Å². The molecule has 1 saturated carbocycles. The summed E-state index contributed by atoms with van der Waals surface area (Å²) in [5.41, 5.74) is 0.271. The van der Waals surface area contributed by atoms with Crippen molar-refractivity contribution in [2.24, 2.45) is 5.92 Å². The summed E-state index contributed by atoms with van der Waals surface area (Å²) in [6, 6.07) is 4.32. The van der Waals surface area contributed by atoms with E-state index in [1.165, 1.54) is 18.6 Å². The standard InChI is InChI=1S/C17H24ClFO2/c1-3-21-17(8-4-5-12(2)11-17)16(20)9-13-6-7-14(19)10-15(13)18/h6-7,10,12,16,20H,3-5,8-9,11H2,1-2H3. The molecule has 21 heavy (non-hydrogen) atoms. The summed E-state index contributed by atoms with van der Waals surface area (Å²) < 4.78 is 19.1. The van der Waals surface area contributed by atoms with Gasteiger partial charge in [0.2, 0.25) is 0 Å². The predicted molar refractivity (Wildman–Crippen MR) is 83.1 cm³/mol. The molecule has 118 valence electrons. The van der Waals surface area contributed by atoms with E-state index in [1.807, 2.05) is 6.92 Å². The molecule has 0 spiro atoms. The number of ether oxygens (including phenoxy) is 1. The molecule has 2 nitrogen and oxygen atoms in total. The van der Waals surface area contributed by atoms with Crippen LogP contribution in [-0.2, 0) is 11.2 Å². The highest BCUT2D eigenvalue weighted by Gasteiger charge is 2.42. The molecule has 0 saturated heterocycles. The van der Waals surface area contributed by atoms with E-state index in [-0.39, 0.29) is 5.82 Å². The maximum Gasteiger partial charge on any atom is 0.124 e. The van der Waals surface area contributed by atoms with Crippen LogP contribution in [0.4, 0.5) is 4.39 Å². The Bertz CT molecular complexity index is 476. The first-order chi connectivity index (χ1) is 9.97. The Labute approximate surface area is 131 Å². The minimum atomic E-state index is -0.622. The molecule has 0 amide bonds. The number of benzene rings is 1. The second kappa shape index (κ2) is 7.08. The lowest BCUT2D eigenvalue weighted by Gasteiger charge is -2.43. The van der Waals surface area contributed by atoms with Crippen molar-refractivity contribution in [3.63, 3.8) is 0 Å². The lowest BCUT2D eigenvalue weighted by Crippen LogP contribution is -2.49. The molecular formula is C17H24ClFO2. The van der Waals surface area contributed by atoms with Gasteiger partial charge in [-0.2, -0.15) is 0 Å². The van der Waals surface area contributed by atoms with Gasteiger partial charge >= 0.3 is 0 Å². The fourth-order valence-electron chi connectivity index (χ4n) is 3.44. The second-order valence-corrected chi connectivity index (χ2v) is 6.56.